The van der Waals surface area contributed by atoms with E-state index in [-0.39, 0.29) is 0 Å². The molecule has 2 rings (SSSR count). The molecule has 0 aliphatic rings. The molecule has 21 heavy (non-hydrogen) atoms. The maximum atomic E-state index is 6.27. The van der Waals surface area contributed by atoms with Gasteiger partial charge in [-0.25, -0.2) is 0 Å². The number of halogens is 2. The van der Waals surface area contributed by atoms with E-state index in [0.717, 1.165) is 28.9 Å². The van der Waals surface area contributed by atoms with Gasteiger partial charge in [-0.1, -0.05) is 39.7 Å². The minimum absolute atomic E-state index is 0.598. The molecule has 0 saturated heterocycles. The Hall–Kier alpha value is -1.07. The average molecular weight is 371 g/mol. The fourth-order valence-corrected chi connectivity index (χ4v) is 2.42. The molecule has 0 fully saturated rings. The van der Waals surface area contributed by atoms with E-state index in [0.29, 0.717) is 17.4 Å². The third kappa shape index (κ3) is 5.32. The molecule has 1 N–H and O–H groups in total. The molecule has 0 aromatic heterocycles. The summed E-state index contributed by atoms with van der Waals surface area (Å²) in [7, 11) is 1.69. The van der Waals surface area contributed by atoms with E-state index in [4.69, 9.17) is 21.1 Å². The molecular weight excluding hydrogens is 354 g/mol. The van der Waals surface area contributed by atoms with Gasteiger partial charge in [0.25, 0.3) is 0 Å². The first kappa shape index (κ1) is 16.3. The fourth-order valence-electron chi connectivity index (χ4n) is 1.80. The fraction of sp³-hybridized carbons (Fsp3) is 0.250. The Bertz CT molecular complexity index is 592. The van der Waals surface area contributed by atoms with Crippen molar-refractivity contribution in [3.63, 3.8) is 0 Å². The molecule has 0 aliphatic heterocycles. The van der Waals surface area contributed by atoms with Crippen LogP contribution in [0, 0.1) is 0 Å². The van der Waals surface area contributed by atoms with Crippen LogP contribution in [0.4, 0.5) is 0 Å². The number of rotatable bonds is 7. The number of benzene rings is 2. The molecule has 0 unspecified atom stereocenters. The Labute approximate surface area is 138 Å². The summed E-state index contributed by atoms with van der Waals surface area (Å²) in [6.07, 6.45) is 0. The van der Waals surface area contributed by atoms with Gasteiger partial charge in [-0.3, -0.25) is 0 Å². The monoisotopic (exact) mass is 369 g/mol. The van der Waals surface area contributed by atoms with Gasteiger partial charge < -0.3 is 14.8 Å². The summed E-state index contributed by atoms with van der Waals surface area (Å²) in [6, 6.07) is 13.5. The van der Waals surface area contributed by atoms with Crippen molar-refractivity contribution in [1.82, 2.24) is 5.32 Å². The van der Waals surface area contributed by atoms with Crippen LogP contribution in [0.2, 0.25) is 5.02 Å². The van der Waals surface area contributed by atoms with Crippen molar-refractivity contribution in [1.29, 1.82) is 0 Å². The molecule has 0 radical (unpaired) electrons. The molecule has 0 amide bonds. The predicted octanol–water partition coefficient (Wildman–Crippen LogP) is 4.63. The van der Waals surface area contributed by atoms with Crippen molar-refractivity contribution < 1.29 is 9.47 Å². The zero-order valence-electron chi connectivity index (χ0n) is 11.7. The van der Waals surface area contributed by atoms with Gasteiger partial charge >= 0.3 is 0 Å². The van der Waals surface area contributed by atoms with Crippen molar-refractivity contribution in [2.24, 2.45) is 0 Å². The molecule has 2 aromatic rings. The Morgan fingerprint density at radius 2 is 2.05 bits per heavy atom. The van der Waals surface area contributed by atoms with Crippen LogP contribution in [0.5, 0.6) is 11.5 Å². The maximum Gasteiger partial charge on any atom is 0.146 e. The first-order valence-electron chi connectivity index (χ1n) is 6.60. The lowest BCUT2D eigenvalue weighted by Gasteiger charge is -2.10. The van der Waals surface area contributed by atoms with E-state index in [1.165, 1.54) is 0 Å². The number of methoxy groups -OCH3 is 1. The van der Waals surface area contributed by atoms with Gasteiger partial charge in [0.15, 0.2) is 0 Å². The van der Waals surface area contributed by atoms with Crippen LogP contribution >= 0.6 is 27.5 Å². The van der Waals surface area contributed by atoms with Crippen LogP contribution in [0.3, 0.4) is 0 Å². The van der Waals surface area contributed by atoms with E-state index in [1.807, 2.05) is 42.5 Å². The lowest BCUT2D eigenvalue weighted by atomic mass is 10.2. The van der Waals surface area contributed by atoms with Crippen LogP contribution < -0.4 is 10.1 Å². The van der Waals surface area contributed by atoms with Gasteiger partial charge in [0.1, 0.15) is 11.5 Å². The predicted molar refractivity (Wildman–Crippen MR) is 89.3 cm³/mol. The van der Waals surface area contributed by atoms with Gasteiger partial charge in [0, 0.05) is 24.7 Å². The standard InChI is InChI=1S/C16H17BrClNO2/c1-20-8-7-19-11-12-5-6-16(15(18)9-12)21-14-4-2-3-13(17)10-14/h2-6,9-10,19H,7-8,11H2,1H3. The normalized spacial score (nSPS) is 10.6. The molecule has 0 bridgehead atoms. The van der Waals surface area contributed by atoms with Gasteiger partial charge in [-0.05, 0) is 35.9 Å². The van der Waals surface area contributed by atoms with Crippen LogP contribution in [0.15, 0.2) is 46.9 Å². The Kier molecular flexibility index (Phi) is 6.51. The minimum atomic E-state index is 0.598. The molecule has 0 spiro atoms. The number of ether oxygens (including phenoxy) is 2. The van der Waals surface area contributed by atoms with Crippen LogP contribution in [-0.2, 0) is 11.3 Å². The summed E-state index contributed by atoms with van der Waals surface area (Å²) < 4.78 is 11.7. The molecule has 0 atom stereocenters. The summed E-state index contributed by atoms with van der Waals surface area (Å²) in [5.74, 6) is 1.40. The summed E-state index contributed by atoms with van der Waals surface area (Å²) in [5.41, 5.74) is 1.11. The number of hydrogen-bond donors (Lipinski definition) is 1. The van der Waals surface area contributed by atoms with E-state index < -0.39 is 0 Å². The third-order valence-corrected chi connectivity index (χ3v) is 3.62. The number of nitrogens with one attached hydrogen (secondary N) is 1. The summed E-state index contributed by atoms with van der Waals surface area (Å²) in [5, 5.41) is 3.87. The van der Waals surface area contributed by atoms with Crippen LogP contribution in [-0.4, -0.2) is 20.3 Å². The zero-order valence-corrected chi connectivity index (χ0v) is 14.1. The lowest BCUT2D eigenvalue weighted by molar-refractivity contribution is 0.199. The van der Waals surface area contributed by atoms with E-state index in [1.54, 1.807) is 7.11 Å². The first-order valence-corrected chi connectivity index (χ1v) is 7.77. The Morgan fingerprint density at radius 1 is 1.19 bits per heavy atom. The van der Waals surface area contributed by atoms with E-state index in [2.05, 4.69) is 21.2 Å². The third-order valence-electron chi connectivity index (χ3n) is 2.83. The summed E-state index contributed by atoms with van der Waals surface area (Å²) in [4.78, 5) is 0. The summed E-state index contributed by atoms with van der Waals surface area (Å²) in [6.45, 7) is 2.25. The van der Waals surface area contributed by atoms with Crippen LogP contribution in [0.25, 0.3) is 0 Å². The molecular formula is C16H17BrClNO2. The second-order valence-corrected chi connectivity index (χ2v) is 5.82. The molecule has 112 valence electrons. The van der Waals surface area contributed by atoms with E-state index in [9.17, 15) is 0 Å². The molecule has 0 saturated carbocycles. The summed E-state index contributed by atoms with van der Waals surface area (Å²) >= 11 is 9.69. The van der Waals surface area contributed by atoms with Crippen molar-refractivity contribution in [2.75, 3.05) is 20.3 Å². The van der Waals surface area contributed by atoms with Crippen molar-refractivity contribution >= 4 is 27.5 Å². The van der Waals surface area contributed by atoms with Crippen molar-refractivity contribution in [2.45, 2.75) is 6.54 Å². The zero-order chi connectivity index (χ0) is 15.1. The molecule has 0 aliphatic carbocycles. The van der Waals surface area contributed by atoms with Crippen molar-refractivity contribution in [3.8, 4) is 11.5 Å². The highest BCUT2D eigenvalue weighted by Crippen LogP contribution is 2.31. The highest BCUT2D eigenvalue weighted by molar-refractivity contribution is 9.10. The smallest absolute Gasteiger partial charge is 0.146 e. The largest absolute Gasteiger partial charge is 0.456 e. The van der Waals surface area contributed by atoms with Gasteiger partial charge in [-0.2, -0.15) is 0 Å². The maximum absolute atomic E-state index is 6.27. The first-order chi connectivity index (χ1) is 10.2. The minimum Gasteiger partial charge on any atom is -0.456 e. The second-order valence-electron chi connectivity index (χ2n) is 4.49. The molecule has 0 heterocycles. The van der Waals surface area contributed by atoms with Crippen LogP contribution in [0.1, 0.15) is 5.56 Å². The highest BCUT2D eigenvalue weighted by atomic mass is 79.9. The lowest BCUT2D eigenvalue weighted by Crippen LogP contribution is -2.18. The van der Waals surface area contributed by atoms with Gasteiger partial charge in [-0.15, -0.1) is 0 Å². The second kappa shape index (κ2) is 8.39. The SMILES string of the molecule is COCCNCc1ccc(Oc2cccc(Br)c2)c(Cl)c1. The van der Waals surface area contributed by atoms with Crippen molar-refractivity contribution in [3.05, 3.63) is 57.5 Å². The highest BCUT2D eigenvalue weighted by Gasteiger charge is 2.05. The topological polar surface area (TPSA) is 30.5 Å². The van der Waals surface area contributed by atoms with Gasteiger partial charge in [0.2, 0.25) is 0 Å². The Morgan fingerprint density at radius 3 is 2.76 bits per heavy atom. The molecule has 3 nitrogen and oxygen atoms in total. The average Bonchev–Trinajstić information content (AvgIpc) is 2.46. The Balaban J connectivity index is 1.98. The van der Waals surface area contributed by atoms with Gasteiger partial charge in [0.05, 0.1) is 11.6 Å². The van der Waals surface area contributed by atoms with E-state index >= 15 is 0 Å². The number of hydrogen-bond acceptors (Lipinski definition) is 3. The quantitative estimate of drug-likeness (QED) is 0.721. The molecule has 2 aromatic carbocycles. The molecule has 5 heteroatoms.